The zero-order chi connectivity index (χ0) is 22.2. The number of carbonyl (C=O) groups excluding carboxylic acids is 1. The molecule has 0 unspecified atom stereocenters. The van der Waals surface area contributed by atoms with E-state index in [0.717, 1.165) is 24.8 Å². The van der Waals surface area contributed by atoms with Crippen LogP contribution in [-0.2, 0) is 11.4 Å². The van der Waals surface area contributed by atoms with Crippen LogP contribution in [0.25, 0.3) is 6.08 Å². The lowest BCUT2D eigenvalue weighted by atomic mass is 9.86. The smallest absolute Gasteiger partial charge is 0.262 e. The molecule has 162 valence electrons. The molecule has 5 nitrogen and oxygen atoms in total. The minimum atomic E-state index is -0.337. The zero-order valence-corrected chi connectivity index (χ0v) is 19.4. The molecule has 1 N–H and O–H groups in total. The van der Waals surface area contributed by atoms with E-state index in [2.05, 4.69) is 28.2 Å². The maximum atomic E-state index is 12.7. The summed E-state index contributed by atoms with van der Waals surface area (Å²) in [4.78, 5) is 12.7. The van der Waals surface area contributed by atoms with Gasteiger partial charge in [0.2, 0.25) is 0 Å². The van der Waals surface area contributed by atoms with Crippen molar-refractivity contribution >= 4 is 27.9 Å². The molecule has 0 spiro atoms. The van der Waals surface area contributed by atoms with E-state index in [9.17, 15) is 10.1 Å². The van der Waals surface area contributed by atoms with Gasteiger partial charge in [-0.05, 0) is 48.1 Å². The summed E-state index contributed by atoms with van der Waals surface area (Å²) < 4.78 is 12.1. The number of ether oxygens (including phenoxy) is 2. The standard InChI is InChI=1S/C25H27BrN2O3/c1-17-8-6-7-11-22(17)28-25(29)20(15-27)12-19-13-23(30-2)24(14-21(19)26)31-16-18-9-4-3-5-10-18/h3-5,9-10,12-14,17,22H,6-8,11,16H2,1-2H3,(H,28,29)/b20-12+/t17-,22-/m1/s1. The van der Waals surface area contributed by atoms with Gasteiger partial charge in [-0.15, -0.1) is 0 Å². The van der Waals surface area contributed by atoms with Gasteiger partial charge >= 0.3 is 0 Å². The normalized spacial score (nSPS) is 18.7. The first-order chi connectivity index (χ1) is 15.0. The third-order valence-electron chi connectivity index (χ3n) is 5.61. The van der Waals surface area contributed by atoms with Gasteiger partial charge in [-0.3, -0.25) is 4.79 Å². The lowest BCUT2D eigenvalue weighted by molar-refractivity contribution is -0.118. The van der Waals surface area contributed by atoms with Crippen LogP contribution in [0.3, 0.4) is 0 Å². The minimum Gasteiger partial charge on any atom is -0.493 e. The van der Waals surface area contributed by atoms with Crippen LogP contribution in [0.2, 0.25) is 0 Å². The van der Waals surface area contributed by atoms with Crippen molar-refractivity contribution in [3.8, 4) is 17.6 Å². The van der Waals surface area contributed by atoms with Crippen molar-refractivity contribution in [3.63, 3.8) is 0 Å². The second kappa shape index (κ2) is 11.0. The van der Waals surface area contributed by atoms with Gasteiger partial charge in [0, 0.05) is 10.5 Å². The predicted octanol–water partition coefficient (Wildman–Crippen LogP) is 5.64. The molecule has 6 heteroatoms. The second-order valence-corrected chi connectivity index (χ2v) is 8.66. The first kappa shape index (κ1) is 22.9. The zero-order valence-electron chi connectivity index (χ0n) is 17.9. The number of carbonyl (C=O) groups is 1. The van der Waals surface area contributed by atoms with E-state index in [1.165, 1.54) is 6.42 Å². The summed E-state index contributed by atoms with van der Waals surface area (Å²) in [6.45, 7) is 2.56. The Balaban J connectivity index is 1.77. The van der Waals surface area contributed by atoms with Crippen molar-refractivity contribution < 1.29 is 14.3 Å². The number of methoxy groups -OCH3 is 1. The van der Waals surface area contributed by atoms with Crippen molar-refractivity contribution in [1.82, 2.24) is 5.32 Å². The number of nitrogens with zero attached hydrogens (tertiary/aromatic N) is 1. The largest absolute Gasteiger partial charge is 0.493 e. The van der Waals surface area contributed by atoms with Gasteiger partial charge in [-0.1, -0.05) is 66.0 Å². The Morgan fingerprint density at radius 1 is 1.23 bits per heavy atom. The van der Waals surface area contributed by atoms with Gasteiger partial charge in [0.1, 0.15) is 18.2 Å². The van der Waals surface area contributed by atoms with Crippen LogP contribution in [-0.4, -0.2) is 19.1 Å². The van der Waals surface area contributed by atoms with Crippen LogP contribution in [0, 0.1) is 17.2 Å². The highest BCUT2D eigenvalue weighted by atomic mass is 79.9. The van der Waals surface area contributed by atoms with E-state index in [1.807, 2.05) is 36.4 Å². The highest BCUT2D eigenvalue weighted by molar-refractivity contribution is 9.10. The minimum absolute atomic E-state index is 0.0680. The van der Waals surface area contributed by atoms with Gasteiger partial charge in [0.25, 0.3) is 5.91 Å². The lowest BCUT2D eigenvalue weighted by Gasteiger charge is -2.29. The second-order valence-electron chi connectivity index (χ2n) is 7.81. The highest BCUT2D eigenvalue weighted by Crippen LogP contribution is 2.35. The number of benzene rings is 2. The fourth-order valence-electron chi connectivity index (χ4n) is 3.75. The number of nitriles is 1. The summed E-state index contributed by atoms with van der Waals surface area (Å²) in [6, 6.07) is 15.6. The van der Waals surface area contributed by atoms with Crippen LogP contribution in [0.15, 0.2) is 52.5 Å². The van der Waals surface area contributed by atoms with Crippen LogP contribution < -0.4 is 14.8 Å². The third kappa shape index (κ3) is 6.11. The summed E-state index contributed by atoms with van der Waals surface area (Å²) >= 11 is 3.53. The van der Waals surface area contributed by atoms with Crippen molar-refractivity contribution in [2.75, 3.05) is 7.11 Å². The third-order valence-corrected chi connectivity index (χ3v) is 6.30. The molecular formula is C25H27BrN2O3. The number of hydrogen-bond acceptors (Lipinski definition) is 4. The molecule has 1 aliphatic rings. The molecule has 0 aromatic heterocycles. The molecule has 2 atom stereocenters. The number of nitrogens with one attached hydrogen (secondary N) is 1. The molecule has 1 saturated carbocycles. The predicted molar refractivity (Wildman–Crippen MR) is 125 cm³/mol. The fourth-order valence-corrected chi connectivity index (χ4v) is 4.19. The number of rotatable bonds is 7. The van der Waals surface area contributed by atoms with Gasteiger partial charge in [0.15, 0.2) is 11.5 Å². The summed E-state index contributed by atoms with van der Waals surface area (Å²) in [5.41, 5.74) is 1.79. The quantitative estimate of drug-likeness (QED) is 0.409. The molecule has 3 rings (SSSR count). The monoisotopic (exact) mass is 482 g/mol. The summed E-state index contributed by atoms with van der Waals surface area (Å²) in [7, 11) is 1.56. The molecule has 1 fully saturated rings. The first-order valence-corrected chi connectivity index (χ1v) is 11.3. The number of hydrogen-bond donors (Lipinski definition) is 1. The maximum absolute atomic E-state index is 12.7. The Kier molecular flexibility index (Phi) is 8.13. The number of amides is 1. The number of halogens is 1. The van der Waals surface area contributed by atoms with Crippen LogP contribution >= 0.6 is 15.9 Å². The molecule has 2 aromatic rings. The van der Waals surface area contributed by atoms with E-state index in [0.29, 0.717) is 34.1 Å². The molecule has 0 saturated heterocycles. The van der Waals surface area contributed by atoms with Crippen molar-refractivity contribution in [2.45, 2.75) is 45.3 Å². The van der Waals surface area contributed by atoms with Crippen molar-refractivity contribution in [2.24, 2.45) is 5.92 Å². The molecular weight excluding hydrogens is 456 g/mol. The van der Waals surface area contributed by atoms with E-state index in [1.54, 1.807) is 25.3 Å². The molecule has 1 aliphatic carbocycles. The summed E-state index contributed by atoms with van der Waals surface area (Å²) in [5.74, 6) is 1.19. The van der Waals surface area contributed by atoms with E-state index in [4.69, 9.17) is 9.47 Å². The molecule has 31 heavy (non-hydrogen) atoms. The first-order valence-electron chi connectivity index (χ1n) is 10.5. The van der Waals surface area contributed by atoms with Gasteiger partial charge in [0.05, 0.1) is 7.11 Å². The van der Waals surface area contributed by atoms with Gasteiger partial charge in [-0.25, -0.2) is 0 Å². The van der Waals surface area contributed by atoms with E-state index < -0.39 is 0 Å². The maximum Gasteiger partial charge on any atom is 0.262 e. The Morgan fingerprint density at radius 2 is 1.97 bits per heavy atom. The Morgan fingerprint density at radius 3 is 2.65 bits per heavy atom. The Labute approximate surface area is 192 Å². The molecule has 0 heterocycles. The topological polar surface area (TPSA) is 71.3 Å². The Hall–Kier alpha value is -2.78. The fraction of sp³-hybridized carbons (Fsp3) is 0.360. The van der Waals surface area contributed by atoms with E-state index >= 15 is 0 Å². The van der Waals surface area contributed by atoms with Crippen molar-refractivity contribution in [1.29, 1.82) is 5.26 Å². The van der Waals surface area contributed by atoms with E-state index in [-0.39, 0.29) is 17.5 Å². The molecule has 1 amide bonds. The van der Waals surface area contributed by atoms with Crippen LogP contribution in [0.5, 0.6) is 11.5 Å². The molecule has 0 radical (unpaired) electrons. The summed E-state index contributed by atoms with van der Waals surface area (Å²) in [5, 5.41) is 12.6. The average Bonchev–Trinajstić information content (AvgIpc) is 2.79. The lowest BCUT2D eigenvalue weighted by Crippen LogP contribution is -2.41. The van der Waals surface area contributed by atoms with Crippen LogP contribution in [0.4, 0.5) is 0 Å². The summed E-state index contributed by atoms with van der Waals surface area (Å²) in [6.07, 6.45) is 5.94. The van der Waals surface area contributed by atoms with Gasteiger partial charge < -0.3 is 14.8 Å². The highest BCUT2D eigenvalue weighted by Gasteiger charge is 2.24. The van der Waals surface area contributed by atoms with Crippen molar-refractivity contribution in [3.05, 3.63) is 63.6 Å². The molecule has 2 aromatic carbocycles. The molecule has 0 bridgehead atoms. The molecule has 0 aliphatic heterocycles. The Bertz CT molecular complexity index is 982. The van der Waals surface area contributed by atoms with Gasteiger partial charge in [-0.2, -0.15) is 5.26 Å². The van der Waals surface area contributed by atoms with Crippen LogP contribution in [0.1, 0.15) is 43.7 Å². The average molecular weight is 483 g/mol. The SMILES string of the molecule is COc1cc(/C=C(\C#N)C(=O)N[C@@H]2CCCC[C@H]2C)c(Br)cc1OCc1ccccc1.